The van der Waals surface area contributed by atoms with Crippen molar-refractivity contribution in [2.24, 2.45) is 7.05 Å². The Bertz CT molecular complexity index is 978. The van der Waals surface area contributed by atoms with Crippen molar-refractivity contribution in [3.05, 3.63) is 41.7 Å². The zero-order valence-corrected chi connectivity index (χ0v) is 15.3. The summed E-state index contributed by atoms with van der Waals surface area (Å²) < 4.78 is 42.7. The monoisotopic (exact) mass is 379 g/mol. The highest BCUT2D eigenvalue weighted by Gasteiger charge is 2.29. The van der Waals surface area contributed by atoms with E-state index in [-0.39, 0.29) is 17.4 Å². The van der Waals surface area contributed by atoms with Crippen molar-refractivity contribution < 1.29 is 17.6 Å². The van der Waals surface area contributed by atoms with Gasteiger partial charge < -0.3 is 9.88 Å². The number of pyridine rings is 1. The van der Waals surface area contributed by atoms with Gasteiger partial charge in [0.15, 0.2) is 5.82 Å². The largest absolute Gasteiger partial charge is 0.343 e. The highest BCUT2D eigenvalue weighted by Crippen LogP contribution is 2.21. The van der Waals surface area contributed by atoms with E-state index in [4.69, 9.17) is 5.26 Å². The van der Waals surface area contributed by atoms with Gasteiger partial charge in [-0.1, -0.05) is 6.92 Å². The van der Waals surface area contributed by atoms with E-state index in [0.717, 1.165) is 10.8 Å². The van der Waals surface area contributed by atoms with Crippen molar-refractivity contribution in [3.63, 3.8) is 0 Å². The third-order valence-electron chi connectivity index (χ3n) is 3.69. The predicted octanol–water partition coefficient (Wildman–Crippen LogP) is 1.76. The van der Waals surface area contributed by atoms with Crippen molar-refractivity contribution >= 4 is 21.6 Å². The first kappa shape index (κ1) is 19.6. The van der Waals surface area contributed by atoms with Crippen LogP contribution in [0.25, 0.3) is 0 Å². The number of nitrogens with zero attached hydrogens (tertiary/aromatic N) is 3. The number of hydrogen-bond donors (Lipinski definition) is 2. The molecule has 0 aliphatic heterocycles. The summed E-state index contributed by atoms with van der Waals surface area (Å²) in [6, 6.07) is 4.20. The Balaban J connectivity index is 2.35. The quantitative estimate of drug-likeness (QED) is 0.793. The third kappa shape index (κ3) is 4.07. The first-order valence-corrected chi connectivity index (χ1v) is 9.22. The Morgan fingerprint density at radius 2 is 2.19 bits per heavy atom. The topological polar surface area (TPSA) is 117 Å². The number of sulfonamides is 1. The Hall–Kier alpha value is -2.77. The lowest BCUT2D eigenvalue weighted by Crippen LogP contribution is -2.32. The number of rotatable bonds is 6. The molecule has 0 saturated carbocycles. The van der Waals surface area contributed by atoms with E-state index >= 15 is 0 Å². The molecule has 0 spiro atoms. The van der Waals surface area contributed by atoms with E-state index in [1.165, 1.54) is 25.4 Å². The molecule has 8 nitrogen and oxygen atoms in total. The molecule has 10 heteroatoms. The number of halogens is 1. The lowest BCUT2D eigenvalue weighted by Gasteiger charge is -2.10. The molecule has 2 N–H and O–H groups in total. The standard InChI is InChI=1S/C16H18FN5O3S/c1-4-10(2)21-26(24,25)13-9-22(3)15(14(13)17)16(23)20-11-5-6-19-12(7-11)8-18/h5-7,9-10,21H,4H2,1-3H3,(H,19,20,23)/t10-/m1/s1. The molecule has 0 saturated heterocycles. The minimum absolute atomic E-state index is 0.0798. The average molecular weight is 379 g/mol. The molecule has 1 atom stereocenters. The van der Waals surface area contributed by atoms with Gasteiger partial charge >= 0.3 is 0 Å². The molecule has 0 bridgehead atoms. The maximum absolute atomic E-state index is 14.7. The van der Waals surface area contributed by atoms with Crippen molar-refractivity contribution in [3.8, 4) is 6.07 Å². The highest BCUT2D eigenvalue weighted by molar-refractivity contribution is 7.89. The maximum atomic E-state index is 14.7. The van der Waals surface area contributed by atoms with Gasteiger partial charge in [0.25, 0.3) is 5.91 Å². The van der Waals surface area contributed by atoms with Gasteiger partial charge in [-0.2, -0.15) is 5.26 Å². The Labute approximate surface area is 150 Å². The fourth-order valence-corrected chi connectivity index (χ4v) is 3.64. The lowest BCUT2D eigenvalue weighted by atomic mass is 10.3. The summed E-state index contributed by atoms with van der Waals surface area (Å²) in [4.78, 5) is 15.6. The maximum Gasteiger partial charge on any atom is 0.275 e. The summed E-state index contributed by atoms with van der Waals surface area (Å²) in [5.74, 6) is -1.99. The number of carbonyl (C=O) groups is 1. The van der Waals surface area contributed by atoms with Crippen LogP contribution in [0.3, 0.4) is 0 Å². The molecule has 0 radical (unpaired) electrons. The van der Waals surface area contributed by atoms with Gasteiger partial charge in [0, 0.05) is 31.2 Å². The summed E-state index contributed by atoms with van der Waals surface area (Å²) in [5, 5.41) is 11.2. The van der Waals surface area contributed by atoms with Gasteiger partial charge in [-0.25, -0.2) is 22.5 Å². The smallest absolute Gasteiger partial charge is 0.275 e. The van der Waals surface area contributed by atoms with E-state index in [9.17, 15) is 17.6 Å². The highest BCUT2D eigenvalue weighted by atomic mass is 32.2. The summed E-state index contributed by atoms with van der Waals surface area (Å²) >= 11 is 0. The summed E-state index contributed by atoms with van der Waals surface area (Å²) in [6.45, 7) is 3.44. The zero-order valence-electron chi connectivity index (χ0n) is 14.4. The Kier molecular flexibility index (Phi) is 5.74. The fraction of sp³-hybridized carbons (Fsp3) is 0.312. The van der Waals surface area contributed by atoms with Crippen LogP contribution in [-0.4, -0.2) is 29.9 Å². The zero-order chi connectivity index (χ0) is 19.5. The number of nitrogens with one attached hydrogen (secondary N) is 2. The molecule has 0 unspecified atom stereocenters. The summed E-state index contributed by atoms with van der Waals surface area (Å²) in [5.41, 5.74) is -0.120. The van der Waals surface area contributed by atoms with Gasteiger partial charge in [-0.3, -0.25) is 4.79 Å². The van der Waals surface area contributed by atoms with Gasteiger partial charge in [-0.05, 0) is 25.5 Å². The summed E-state index contributed by atoms with van der Waals surface area (Å²) in [7, 11) is -2.73. The van der Waals surface area contributed by atoms with Crippen LogP contribution in [0.2, 0.25) is 0 Å². The lowest BCUT2D eigenvalue weighted by molar-refractivity contribution is 0.101. The van der Waals surface area contributed by atoms with E-state index in [0.29, 0.717) is 6.42 Å². The Morgan fingerprint density at radius 1 is 1.50 bits per heavy atom. The Morgan fingerprint density at radius 3 is 2.81 bits per heavy atom. The van der Waals surface area contributed by atoms with Crippen LogP contribution in [0, 0.1) is 17.1 Å². The molecule has 0 aromatic carbocycles. The van der Waals surface area contributed by atoms with Crippen molar-refractivity contribution in [2.45, 2.75) is 31.2 Å². The summed E-state index contributed by atoms with van der Waals surface area (Å²) in [6.07, 6.45) is 2.90. The molecule has 2 aromatic heterocycles. The normalized spacial score (nSPS) is 12.4. The second-order valence-electron chi connectivity index (χ2n) is 5.69. The minimum Gasteiger partial charge on any atom is -0.343 e. The van der Waals surface area contributed by atoms with Crippen LogP contribution in [0.5, 0.6) is 0 Å². The van der Waals surface area contributed by atoms with Gasteiger partial charge in [-0.15, -0.1) is 0 Å². The van der Waals surface area contributed by atoms with Gasteiger partial charge in [0.1, 0.15) is 22.4 Å². The molecular formula is C16H18FN5O3S. The second kappa shape index (κ2) is 7.63. The number of nitriles is 1. The van der Waals surface area contributed by atoms with Crippen LogP contribution in [-0.2, 0) is 17.1 Å². The second-order valence-corrected chi connectivity index (χ2v) is 7.38. The minimum atomic E-state index is -4.10. The van der Waals surface area contributed by atoms with Crippen LogP contribution in [0.1, 0.15) is 36.5 Å². The number of carbonyl (C=O) groups excluding carboxylic acids is 1. The average Bonchev–Trinajstić information content (AvgIpc) is 2.90. The van der Waals surface area contributed by atoms with Crippen molar-refractivity contribution in [1.29, 1.82) is 5.26 Å². The van der Waals surface area contributed by atoms with E-state index < -0.39 is 32.3 Å². The number of aromatic nitrogens is 2. The third-order valence-corrected chi connectivity index (χ3v) is 5.27. The number of anilines is 1. The fourth-order valence-electron chi connectivity index (χ4n) is 2.19. The molecule has 0 fully saturated rings. The van der Waals surface area contributed by atoms with E-state index in [1.54, 1.807) is 13.8 Å². The first-order valence-electron chi connectivity index (χ1n) is 7.74. The van der Waals surface area contributed by atoms with E-state index in [1.807, 2.05) is 6.07 Å². The molecule has 1 amide bonds. The molecule has 2 heterocycles. The molecule has 26 heavy (non-hydrogen) atoms. The van der Waals surface area contributed by atoms with Crippen LogP contribution in [0.15, 0.2) is 29.4 Å². The van der Waals surface area contributed by atoms with Crippen LogP contribution < -0.4 is 10.0 Å². The predicted molar refractivity (Wildman–Crippen MR) is 92.4 cm³/mol. The first-order chi connectivity index (χ1) is 12.2. The molecular weight excluding hydrogens is 361 g/mol. The molecule has 0 aliphatic rings. The molecule has 2 rings (SSSR count). The molecule has 138 valence electrons. The van der Waals surface area contributed by atoms with Crippen LogP contribution in [0.4, 0.5) is 10.1 Å². The number of amides is 1. The molecule has 2 aromatic rings. The molecule has 0 aliphatic carbocycles. The van der Waals surface area contributed by atoms with Gasteiger partial charge in [0.05, 0.1) is 0 Å². The number of hydrogen-bond acceptors (Lipinski definition) is 5. The number of aryl methyl sites for hydroxylation is 1. The SMILES string of the molecule is CC[C@@H](C)NS(=O)(=O)c1cn(C)c(C(=O)Nc2ccnc(C#N)c2)c1F. The van der Waals surface area contributed by atoms with E-state index in [2.05, 4.69) is 15.0 Å². The van der Waals surface area contributed by atoms with Crippen molar-refractivity contribution in [1.82, 2.24) is 14.3 Å². The van der Waals surface area contributed by atoms with Crippen molar-refractivity contribution in [2.75, 3.05) is 5.32 Å². The van der Waals surface area contributed by atoms with Gasteiger partial charge in [0.2, 0.25) is 10.0 Å². The van der Waals surface area contributed by atoms with Crippen LogP contribution >= 0.6 is 0 Å².